The number of aryl methyl sites for hydroxylation is 1. The van der Waals surface area contributed by atoms with Gasteiger partial charge in [0, 0.05) is 31.6 Å². The van der Waals surface area contributed by atoms with Gasteiger partial charge in [-0.15, -0.1) is 0 Å². The van der Waals surface area contributed by atoms with Crippen LogP contribution in [0.5, 0.6) is 5.75 Å². The second-order valence-corrected chi connectivity index (χ2v) is 9.55. The Labute approximate surface area is 220 Å². The van der Waals surface area contributed by atoms with Crippen LogP contribution in [-0.4, -0.2) is 48.4 Å². The van der Waals surface area contributed by atoms with E-state index in [1.807, 2.05) is 30.3 Å². The highest BCUT2D eigenvalue weighted by molar-refractivity contribution is 5.95. The van der Waals surface area contributed by atoms with Crippen molar-refractivity contribution in [2.24, 2.45) is 4.99 Å². The van der Waals surface area contributed by atoms with Crippen LogP contribution in [0.15, 0.2) is 58.3 Å². The number of nitrogens with zero attached hydrogens (tertiary/aromatic N) is 3. The Morgan fingerprint density at radius 3 is 2.47 bits per heavy atom. The fraction of sp³-hybridized carbons (Fsp3) is 0.345. The van der Waals surface area contributed by atoms with Crippen LogP contribution in [0.25, 0.3) is 5.69 Å². The van der Waals surface area contributed by atoms with Crippen molar-refractivity contribution in [3.63, 3.8) is 0 Å². The van der Waals surface area contributed by atoms with Gasteiger partial charge in [0.25, 0.3) is 11.5 Å². The Hall–Kier alpha value is -4.01. The van der Waals surface area contributed by atoms with Crippen molar-refractivity contribution in [3.8, 4) is 11.4 Å². The second kappa shape index (κ2) is 10.8. The van der Waals surface area contributed by atoms with Crippen LogP contribution in [-0.2, 0) is 11.3 Å². The molecule has 1 heterocycles. The Balaban J connectivity index is 1.96. The smallest absolute Gasteiger partial charge is 0.341 e. The summed E-state index contributed by atoms with van der Waals surface area (Å²) in [6.45, 7) is 5.61. The average Bonchev–Trinajstić information content (AvgIpc) is 3.51. The highest BCUT2D eigenvalue weighted by Crippen LogP contribution is 2.55. The van der Waals surface area contributed by atoms with E-state index in [2.05, 4.69) is 4.99 Å². The van der Waals surface area contributed by atoms with Crippen LogP contribution >= 0.6 is 0 Å². The molecule has 3 aromatic rings. The van der Waals surface area contributed by atoms with Crippen molar-refractivity contribution in [1.82, 2.24) is 9.47 Å². The molecule has 200 valence electrons. The lowest BCUT2D eigenvalue weighted by atomic mass is 10.0. The van der Waals surface area contributed by atoms with E-state index in [0.29, 0.717) is 29.2 Å². The van der Waals surface area contributed by atoms with Crippen LogP contribution in [0.3, 0.4) is 0 Å². The highest BCUT2D eigenvalue weighted by Gasteiger charge is 2.59. The molecule has 0 amide bonds. The van der Waals surface area contributed by atoms with Crippen LogP contribution in [0.1, 0.15) is 51.9 Å². The molecule has 1 aliphatic carbocycles. The number of rotatable bonds is 9. The van der Waals surface area contributed by atoms with Gasteiger partial charge in [0.05, 0.1) is 24.6 Å². The zero-order chi connectivity index (χ0) is 27.6. The van der Waals surface area contributed by atoms with Crippen molar-refractivity contribution in [1.29, 1.82) is 0 Å². The maximum absolute atomic E-state index is 14.2. The first-order chi connectivity index (χ1) is 18.0. The fourth-order valence-electron chi connectivity index (χ4n) is 4.34. The molecule has 1 aromatic heterocycles. The third-order valence-corrected chi connectivity index (χ3v) is 6.35. The average molecular weight is 524 g/mol. The van der Waals surface area contributed by atoms with Crippen molar-refractivity contribution < 1.29 is 23.0 Å². The number of hydrogen-bond donors (Lipinski definition) is 0. The van der Waals surface area contributed by atoms with Gasteiger partial charge in [-0.3, -0.25) is 9.36 Å². The maximum Gasteiger partial charge on any atom is 0.341 e. The number of ether oxygens (including phenoxy) is 2. The van der Waals surface area contributed by atoms with Crippen LogP contribution in [0.2, 0.25) is 0 Å². The summed E-state index contributed by atoms with van der Waals surface area (Å²) in [6, 6.07) is 14.4. The van der Waals surface area contributed by atoms with Gasteiger partial charge in [-0.05, 0) is 44.0 Å². The number of esters is 1. The molecule has 4 rings (SSSR count). The molecule has 9 heteroatoms. The van der Waals surface area contributed by atoms with E-state index >= 15 is 0 Å². The highest BCUT2D eigenvalue weighted by atomic mass is 19.3. The number of carbonyl (C=O) groups is 1. The third-order valence-electron chi connectivity index (χ3n) is 6.35. The summed E-state index contributed by atoms with van der Waals surface area (Å²) in [7, 11) is 3.48. The minimum Gasteiger partial charge on any atom is -0.489 e. The maximum atomic E-state index is 14.2. The number of halogens is 2. The first kappa shape index (κ1) is 27.0. The molecule has 1 aliphatic rings. The first-order valence-corrected chi connectivity index (χ1v) is 12.4. The molecular formula is C29H31F2N3O4. The normalized spacial score (nSPS) is 15.9. The van der Waals surface area contributed by atoms with Crippen LogP contribution in [0, 0.1) is 13.8 Å². The molecule has 7 nitrogen and oxygen atoms in total. The van der Waals surface area contributed by atoms with E-state index in [1.54, 1.807) is 51.9 Å². The van der Waals surface area contributed by atoms with Gasteiger partial charge in [0.2, 0.25) is 0 Å². The van der Waals surface area contributed by atoms with Gasteiger partial charge in [-0.25, -0.2) is 18.6 Å². The number of benzene rings is 2. The molecule has 0 saturated heterocycles. The zero-order valence-electron chi connectivity index (χ0n) is 22.1. The van der Waals surface area contributed by atoms with Crippen molar-refractivity contribution in [2.75, 3.05) is 20.7 Å². The number of hydrogen-bond acceptors (Lipinski definition) is 5. The summed E-state index contributed by atoms with van der Waals surface area (Å²) >= 11 is 0. The van der Waals surface area contributed by atoms with E-state index in [1.165, 1.54) is 17.0 Å². The molecule has 0 spiro atoms. The Morgan fingerprint density at radius 2 is 1.87 bits per heavy atom. The number of carbonyl (C=O) groups excluding carboxylic acids is 1. The summed E-state index contributed by atoms with van der Waals surface area (Å²) in [6.07, 6.45) is 0.989. The van der Waals surface area contributed by atoms with Gasteiger partial charge in [-0.2, -0.15) is 0 Å². The number of alkyl halides is 2. The standard InChI is InChI=1S/C29H31F2N3O4/c1-6-37-28(36)22-14-21(23-15-29(23,30)31)27(35)34(26(22)32-17-33(4)5)25-18(2)12-13-24(19(25)3)38-16-20-10-8-7-9-11-20/h7-14,17,23H,6,15-16H2,1-5H3. The predicted octanol–water partition coefficient (Wildman–Crippen LogP) is 5.55. The number of pyridine rings is 1. The summed E-state index contributed by atoms with van der Waals surface area (Å²) in [5.74, 6) is -4.52. The SMILES string of the molecule is CCOC(=O)c1cc(C2CC2(F)F)c(=O)n(-c2c(C)ccc(OCc3ccccc3)c2C)c1N=CN(C)C. The quantitative estimate of drug-likeness (QED) is 0.209. The Bertz CT molecular complexity index is 1430. The predicted molar refractivity (Wildman–Crippen MR) is 142 cm³/mol. The molecule has 2 aromatic carbocycles. The molecule has 1 saturated carbocycles. The van der Waals surface area contributed by atoms with E-state index in [4.69, 9.17) is 9.47 Å². The van der Waals surface area contributed by atoms with Crippen molar-refractivity contribution in [3.05, 3.63) is 86.7 Å². The van der Waals surface area contributed by atoms with Gasteiger partial charge < -0.3 is 14.4 Å². The summed E-state index contributed by atoms with van der Waals surface area (Å²) in [5, 5.41) is 0. The number of aromatic nitrogens is 1. The zero-order valence-corrected chi connectivity index (χ0v) is 22.1. The molecule has 1 atom stereocenters. The van der Waals surface area contributed by atoms with E-state index in [9.17, 15) is 18.4 Å². The van der Waals surface area contributed by atoms with Gasteiger partial charge >= 0.3 is 5.97 Å². The van der Waals surface area contributed by atoms with Crippen LogP contribution < -0.4 is 10.3 Å². The Kier molecular flexibility index (Phi) is 7.66. The largest absolute Gasteiger partial charge is 0.489 e. The van der Waals surface area contributed by atoms with E-state index < -0.39 is 29.8 Å². The van der Waals surface area contributed by atoms with Gasteiger partial charge in [-0.1, -0.05) is 36.4 Å². The van der Waals surface area contributed by atoms with E-state index in [0.717, 1.165) is 5.56 Å². The molecule has 1 unspecified atom stereocenters. The molecule has 0 radical (unpaired) electrons. The minimum absolute atomic E-state index is 0.00118. The lowest BCUT2D eigenvalue weighted by Gasteiger charge is -2.21. The summed E-state index contributed by atoms with van der Waals surface area (Å²) in [5.41, 5.74) is 1.82. The monoisotopic (exact) mass is 523 g/mol. The number of aliphatic imine (C=N–C) groups is 1. The molecule has 0 N–H and O–H groups in total. The molecule has 38 heavy (non-hydrogen) atoms. The lowest BCUT2D eigenvalue weighted by Crippen LogP contribution is -2.27. The second-order valence-electron chi connectivity index (χ2n) is 9.55. The lowest BCUT2D eigenvalue weighted by molar-refractivity contribution is 0.0526. The Morgan fingerprint density at radius 1 is 1.18 bits per heavy atom. The molecule has 1 fully saturated rings. The minimum atomic E-state index is -3.01. The summed E-state index contributed by atoms with van der Waals surface area (Å²) < 4.78 is 41.0. The molecule has 0 bridgehead atoms. The van der Waals surface area contributed by atoms with E-state index in [-0.39, 0.29) is 23.6 Å². The fourth-order valence-corrected chi connectivity index (χ4v) is 4.34. The van der Waals surface area contributed by atoms with Gasteiger partial charge in [0.1, 0.15) is 17.9 Å². The first-order valence-electron chi connectivity index (χ1n) is 12.4. The topological polar surface area (TPSA) is 73.1 Å². The molecular weight excluding hydrogens is 492 g/mol. The summed E-state index contributed by atoms with van der Waals surface area (Å²) in [4.78, 5) is 33.0. The third kappa shape index (κ3) is 5.46. The van der Waals surface area contributed by atoms with Crippen molar-refractivity contribution in [2.45, 2.75) is 45.6 Å². The van der Waals surface area contributed by atoms with Crippen LogP contribution in [0.4, 0.5) is 14.6 Å². The molecule has 0 aliphatic heterocycles. The van der Waals surface area contributed by atoms with Crippen molar-refractivity contribution >= 4 is 18.1 Å². The van der Waals surface area contributed by atoms with Gasteiger partial charge in [0.15, 0.2) is 5.82 Å².